The predicted molar refractivity (Wildman–Crippen MR) is 93.9 cm³/mol. The molecule has 1 fully saturated rings. The third-order valence-electron chi connectivity index (χ3n) is 4.73. The second-order valence-corrected chi connectivity index (χ2v) is 7.01. The molecule has 1 aliphatic heterocycles. The second kappa shape index (κ2) is 7.28. The minimum absolute atomic E-state index is 0.161. The van der Waals surface area contributed by atoms with Crippen LogP contribution in [0.3, 0.4) is 0 Å². The van der Waals surface area contributed by atoms with Crippen LogP contribution in [-0.2, 0) is 11.2 Å². The maximum absolute atomic E-state index is 11.4. The van der Waals surface area contributed by atoms with Crippen LogP contribution < -0.4 is 0 Å². The molecule has 0 amide bonds. The average Bonchev–Trinajstić information content (AvgIpc) is 3.10. The number of piperidine rings is 1. The zero-order valence-corrected chi connectivity index (χ0v) is 14.3. The fourth-order valence-electron chi connectivity index (χ4n) is 3.42. The number of likely N-dealkylation sites (tertiary alicyclic amines) is 1. The Labute approximate surface area is 141 Å². The van der Waals surface area contributed by atoms with E-state index in [1.165, 1.54) is 16.7 Å². The van der Waals surface area contributed by atoms with Crippen LogP contribution in [0.2, 0.25) is 0 Å². The summed E-state index contributed by atoms with van der Waals surface area (Å²) in [5, 5.41) is 13.7. The first-order valence-electron chi connectivity index (χ1n) is 8.27. The van der Waals surface area contributed by atoms with E-state index in [1.807, 2.05) is 0 Å². The molecule has 1 N–H and O–H groups in total. The minimum Gasteiger partial charge on any atom is -0.481 e. The Morgan fingerprint density at radius 2 is 2.09 bits per heavy atom. The van der Waals surface area contributed by atoms with Gasteiger partial charge >= 0.3 is 5.97 Å². The number of hydrogen-bond donors (Lipinski definition) is 1. The smallest absolute Gasteiger partial charge is 0.307 e. The van der Waals surface area contributed by atoms with Crippen molar-refractivity contribution in [2.24, 2.45) is 5.92 Å². The molecule has 2 heterocycles. The monoisotopic (exact) mass is 329 g/mol. The average molecular weight is 329 g/mol. The lowest BCUT2D eigenvalue weighted by Crippen LogP contribution is -2.41. The van der Waals surface area contributed by atoms with Gasteiger partial charge in [0.15, 0.2) is 0 Å². The minimum atomic E-state index is -0.667. The number of hydrogen-bond acceptors (Lipinski definition) is 3. The molecule has 0 bridgehead atoms. The lowest BCUT2D eigenvalue weighted by molar-refractivity contribution is -0.143. The molecule has 23 heavy (non-hydrogen) atoms. The molecule has 122 valence electrons. The highest BCUT2D eigenvalue weighted by molar-refractivity contribution is 7.08. The van der Waals surface area contributed by atoms with Crippen molar-refractivity contribution in [1.82, 2.24) is 4.90 Å². The highest BCUT2D eigenvalue weighted by Gasteiger charge is 2.31. The third kappa shape index (κ3) is 3.65. The van der Waals surface area contributed by atoms with Crippen molar-refractivity contribution >= 4 is 17.3 Å². The van der Waals surface area contributed by atoms with Crippen molar-refractivity contribution < 1.29 is 9.90 Å². The number of carboxylic acid groups (broad SMARTS) is 1. The lowest BCUT2D eigenvalue weighted by Gasteiger charge is -2.37. The van der Waals surface area contributed by atoms with Gasteiger partial charge in [0.25, 0.3) is 0 Å². The Hall–Kier alpha value is -1.65. The predicted octanol–water partition coefficient (Wildman–Crippen LogP) is 4.20. The number of thiophene rings is 1. The van der Waals surface area contributed by atoms with Gasteiger partial charge in [-0.3, -0.25) is 9.69 Å². The van der Waals surface area contributed by atoms with E-state index >= 15 is 0 Å². The van der Waals surface area contributed by atoms with Gasteiger partial charge in [0, 0.05) is 6.54 Å². The van der Waals surface area contributed by atoms with E-state index in [0.717, 1.165) is 25.8 Å². The van der Waals surface area contributed by atoms with Crippen LogP contribution in [0.5, 0.6) is 0 Å². The fraction of sp³-hybridized carbons (Fsp3) is 0.421. The molecule has 2 aromatic rings. The van der Waals surface area contributed by atoms with Crippen molar-refractivity contribution in [3.63, 3.8) is 0 Å². The van der Waals surface area contributed by atoms with Crippen LogP contribution in [0.1, 0.15) is 42.5 Å². The van der Waals surface area contributed by atoms with E-state index in [-0.39, 0.29) is 12.0 Å². The highest BCUT2D eigenvalue weighted by Crippen LogP contribution is 2.33. The van der Waals surface area contributed by atoms with Gasteiger partial charge in [0.2, 0.25) is 0 Å². The number of carboxylic acids is 1. The SMILES string of the molecule is CCc1ccc(C(c2ccsc2)N2CCCC(C(=O)O)C2)cc1. The van der Waals surface area contributed by atoms with Crippen LogP contribution in [0.4, 0.5) is 0 Å². The molecule has 1 aromatic heterocycles. The van der Waals surface area contributed by atoms with Gasteiger partial charge < -0.3 is 5.11 Å². The molecule has 3 rings (SSSR count). The number of carbonyl (C=O) groups is 1. The summed E-state index contributed by atoms with van der Waals surface area (Å²) in [4.78, 5) is 13.7. The molecule has 0 saturated carbocycles. The molecule has 2 unspecified atom stereocenters. The van der Waals surface area contributed by atoms with Gasteiger partial charge in [-0.1, -0.05) is 31.2 Å². The van der Waals surface area contributed by atoms with Crippen molar-refractivity contribution in [2.75, 3.05) is 13.1 Å². The van der Waals surface area contributed by atoms with Crippen molar-refractivity contribution in [1.29, 1.82) is 0 Å². The third-order valence-corrected chi connectivity index (χ3v) is 5.43. The van der Waals surface area contributed by atoms with Gasteiger partial charge in [-0.15, -0.1) is 0 Å². The van der Waals surface area contributed by atoms with E-state index in [9.17, 15) is 9.90 Å². The first-order valence-corrected chi connectivity index (χ1v) is 9.21. The molecule has 0 aliphatic carbocycles. The Kier molecular flexibility index (Phi) is 5.13. The molecule has 1 aromatic carbocycles. The normalized spacial score (nSPS) is 20.3. The number of rotatable bonds is 5. The molecule has 4 heteroatoms. The molecular formula is C19H23NO2S. The molecule has 1 saturated heterocycles. The van der Waals surface area contributed by atoms with Crippen LogP contribution in [0, 0.1) is 5.92 Å². The quantitative estimate of drug-likeness (QED) is 0.894. The molecule has 1 aliphatic rings. The van der Waals surface area contributed by atoms with Crippen LogP contribution in [0.25, 0.3) is 0 Å². The number of benzene rings is 1. The summed E-state index contributed by atoms with van der Waals surface area (Å²) in [6.07, 6.45) is 2.77. The van der Waals surface area contributed by atoms with Crippen LogP contribution in [0.15, 0.2) is 41.1 Å². The van der Waals surface area contributed by atoms with Gasteiger partial charge in [0.05, 0.1) is 12.0 Å². The Balaban J connectivity index is 1.90. The summed E-state index contributed by atoms with van der Waals surface area (Å²) in [7, 11) is 0. The van der Waals surface area contributed by atoms with Crippen LogP contribution in [-0.4, -0.2) is 29.1 Å². The topological polar surface area (TPSA) is 40.5 Å². The van der Waals surface area contributed by atoms with Crippen LogP contribution >= 0.6 is 11.3 Å². The van der Waals surface area contributed by atoms with E-state index in [1.54, 1.807) is 11.3 Å². The first-order chi connectivity index (χ1) is 11.2. The summed E-state index contributed by atoms with van der Waals surface area (Å²) < 4.78 is 0. The number of aliphatic carboxylic acids is 1. The summed E-state index contributed by atoms with van der Waals surface area (Å²) in [5.74, 6) is -0.917. The largest absolute Gasteiger partial charge is 0.481 e. The second-order valence-electron chi connectivity index (χ2n) is 6.23. The number of nitrogens with zero attached hydrogens (tertiary/aromatic N) is 1. The highest BCUT2D eigenvalue weighted by atomic mass is 32.1. The van der Waals surface area contributed by atoms with Gasteiger partial charge in [-0.2, -0.15) is 11.3 Å². The first kappa shape index (κ1) is 16.2. The van der Waals surface area contributed by atoms with Gasteiger partial charge in [-0.05, 0) is 59.3 Å². The Morgan fingerprint density at radius 3 is 2.70 bits per heavy atom. The number of aryl methyl sites for hydroxylation is 1. The molecule has 0 radical (unpaired) electrons. The van der Waals surface area contributed by atoms with E-state index in [0.29, 0.717) is 6.54 Å². The maximum atomic E-state index is 11.4. The molecule has 2 atom stereocenters. The van der Waals surface area contributed by atoms with E-state index < -0.39 is 5.97 Å². The van der Waals surface area contributed by atoms with E-state index in [4.69, 9.17) is 0 Å². The van der Waals surface area contributed by atoms with Crippen molar-refractivity contribution in [3.05, 3.63) is 57.8 Å². The molecule has 3 nitrogen and oxygen atoms in total. The molecule has 0 spiro atoms. The Bertz CT molecular complexity index is 636. The summed E-state index contributed by atoms with van der Waals surface area (Å²) in [6.45, 7) is 3.75. The maximum Gasteiger partial charge on any atom is 0.307 e. The lowest BCUT2D eigenvalue weighted by atomic mass is 9.92. The standard InChI is InChI=1S/C19H23NO2S/c1-2-14-5-7-15(8-6-14)18(17-9-11-23-13-17)20-10-3-4-16(12-20)19(21)22/h5-9,11,13,16,18H,2-4,10,12H2,1H3,(H,21,22). The van der Waals surface area contributed by atoms with Gasteiger partial charge in [0.1, 0.15) is 0 Å². The van der Waals surface area contributed by atoms with Crippen molar-refractivity contribution in [3.8, 4) is 0 Å². The van der Waals surface area contributed by atoms with Crippen molar-refractivity contribution in [2.45, 2.75) is 32.2 Å². The van der Waals surface area contributed by atoms with E-state index in [2.05, 4.69) is 52.9 Å². The fourth-order valence-corrected chi connectivity index (χ4v) is 4.10. The molecular weight excluding hydrogens is 306 g/mol. The summed E-state index contributed by atoms with van der Waals surface area (Å²) in [6, 6.07) is 11.1. The van der Waals surface area contributed by atoms with Gasteiger partial charge in [-0.25, -0.2) is 0 Å². The summed E-state index contributed by atoms with van der Waals surface area (Å²) in [5.41, 5.74) is 3.86. The zero-order valence-electron chi connectivity index (χ0n) is 13.4. The summed E-state index contributed by atoms with van der Waals surface area (Å²) >= 11 is 1.70. The Morgan fingerprint density at radius 1 is 1.30 bits per heavy atom. The zero-order chi connectivity index (χ0) is 16.2.